The summed E-state index contributed by atoms with van der Waals surface area (Å²) in [5, 5.41) is 28.2. The summed E-state index contributed by atoms with van der Waals surface area (Å²) in [6.45, 7) is 5.45. The number of aromatic nitrogens is 4. The van der Waals surface area contributed by atoms with Crippen molar-refractivity contribution in [3.05, 3.63) is 16.7 Å². The number of imidazole rings is 1. The van der Waals surface area contributed by atoms with Gasteiger partial charge in [0.25, 0.3) is 5.56 Å². The van der Waals surface area contributed by atoms with Crippen molar-refractivity contribution in [2.45, 2.75) is 70.2 Å². The van der Waals surface area contributed by atoms with E-state index in [1.165, 1.54) is 24.9 Å². The predicted molar refractivity (Wildman–Crippen MR) is 120 cm³/mol. The number of ether oxygens (including phenoxy) is 1. The molecule has 188 valence electrons. The number of fused-ring (bicyclic) bond motifs is 1. The average molecular weight is 491 g/mol. The van der Waals surface area contributed by atoms with Gasteiger partial charge in [-0.1, -0.05) is 13.8 Å². The summed E-state index contributed by atoms with van der Waals surface area (Å²) < 4.78 is 26.3. The van der Waals surface area contributed by atoms with Gasteiger partial charge in [-0.3, -0.25) is 18.5 Å². The molecule has 14 heteroatoms. The maximum absolute atomic E-state index is 12.6. The second kappa shape index (κ2) is 10.2. The van der Waals surface area contributed by atoms with E-state index in [-0.39, 0.29) is 36.6 Å². The highest BCUT2D eigenvalue weighted by atomic mass is 31.2. The van der Waals surface area contributed by atoms with Gasteiger partial charge in [0, 0.05) is 13.5 Å². The third-order valence-corrected chi connectivity index (χ3v) is 8.14. The van der Waals surface area contributed by atoms with Gasteiger partial charge in [-0.25, -0.2) is 4.98 Å². The molecule has 0 aliphatic rings. The van der Waals surface area contributed by atoms with Gasteiger partial charge in [0.2, 0.25) is 5.95 Å². The Morgan fingerprint density at radius 2 is 1.94 bits per heavy atom. The standard InChI is InChI=1S/C19H34N5O8P/c1-6-18(3,32-33(29,30)19(4,28)7-2)8-9-31-16(12(26)10-25)24-11-21-13-14(24)22-17(20)23(5)15(13)27/h11-12,16,25-26,28H,6-10H2,1-5H3,(H2,20,22)(H,29,30)/t12-,16-,18?,19-/m1/s1. The number of nitrogens with zero attached hydrogens (tertiary/aromatic N) is 4. The molecule has 2 rings (SSSR count). The fraction of sp³-hybridized carbons (Fsp3) is 0.737. The Morgan fingerprint density at radius 1 is 1.30 bits per heavy atom. The lowest BCUT2D eigenvalue weighted by atomic mass is 10.0. The van der Waals surface area contributed by atoms with Crippen molar-refractivity contribution < 1.29 is 34.0 Å². The van der Waals surface area contributed by atoms with E-state index >= 15 is 0 Å². The van der Waals surface area contributed by atoms with Gasteiger partial charge < -0.3 is 35.2 Å². The third-order valence-electron chi connectivity index (χ3n) is 5.92. The Kier molecular flexibility index (Phi) is 8.45. The van der Waals surface area contributed by atoms with Crippen molar-refractivity contribution in [1.29, 1.82) is 0 Å². The molecule has 0 radical (unpaired) electrons. The maximum Gasteiger partial charge on any atom is 0.359 e. The first-order valence-electron chi connectivity index (χ1n) is 10.6. The van der Waals surface area contributed by atoms with Crippen LogP contribution in [0.15, 0.2) is 11.1 Å². The summed E-state index contributed by atoms with van der Waals surface area (Å²) >= 11 is 0. The minimum atomic E-state index is -4.38. The van der Waals surface area contributed by atoms with E-state index in [1.54, 1.807) is 20.8 Å². The second-order valence-electron chi connectivity index (χ2n) is 8.41. The van der Waals surface area contributed by atoms with Crippen LogP contribution in [-0.4, -0.2) is 69.6 Å². The SMILES string of the molecule is CCC(C)(CCO[C@H]([C@H](O)CO)n1cnc2c(=O)n(C)c(N)nc21)OP(=O)(O)[C@@](C)(O)CC. The van der Waals surface area contributed by atoms with E-state index in [0.717, 1.165) is 4.57 Å². The van der Waals surface area contributed by atoms with Crippen LogP contribution in [0.4, 0.5) is 5.95 Å². The number of rotatable bonds is 12. The van der Waals surface area contributed by atoms with Gasteiger partial charge in [-0.05, 0) is 26.7 Å². The van der Waals surface area contributed by atoms with Crippen LogP contribution in [0.2, 0.25) is 0 Å². The molecule has 2 aromatic heterocycles. The van der Waals surface area contributed by atoms with Gasteiger partial charge in [0.05, 0.1) is 25.1 Å². The summed E-state index contributed by atoms with van der Waals surface area (Å²) in [6, 6.07) is 0. The van der Waals surface area contributed by atoms with Gasteiger partial charge in [0.15, 0.2) is 22.7 Å². The zero-order chi connectivity index (χ0) is 25.2. The number of hydrogen-bond acceptors (Lipinski definition) is 10. The minimum absolute atomic E-state index is 0.00943. The number of aliphatic hydroxyl groups is 3. The molecule has 0 aliphatic heterocycles. The molecule has 0 bridgehead atoms. The highest BCUT2D eigenvalue weighted by molar-refractivity contribution is 7.54. The van der Waals surface area contributed by atoms with E-state index in [2.05, 4.69) is 9.97 Å². The number of aliphatic hydroxyl groups excluding tert-OH is 2. The first kappa shape index (κ1) is 27.4. The fourth-order valence-corrected chi connectivity index (χ4v) is 4.41. The summed E-state index contributed by atoms with van der Waals surface area (Å²) in [5.41, 5.74) is 4.24. The number of nitrogen functional groups attached to an aromatic ring is 1. The van der Waals surface area contributed by atoms with Gasteiger partial charge >= 0.3 is 7.60 Å². The van der Waals surface area contributed by atoms with E-state index in [0.29, 0.717) is 6.42 Å². The summed E-state index contributed by atoms with van der Waals surface area (Å²) in [5.74, 6) is -0.0693. The maximum atomic E-state index is 12.6. The molecule has 0 spiro atoms. The molecule has 0 aromatic carbocycles. The summed E-state index contributed by atoms with van der Waals surface area (Å²) in [6.07, 6.45) is -0.862. The van der Waals surface area contributed by atoms with Crippen LogP contribution in [-0.2, 0) is 20.9 Å². The zero-order valence-corrected chi connectivity index (χ0v) is 20.4. The smallest absolute Gasteiger partial charge is 0.359 e. The molecule has 2 heterocycles. The van der Waals surface area contributed by atoms with Gasteiger partial charge in [-0.15, -0.1) is 0 Å². The molecule has 0 amide bonds. The Morgan fingerprint density at radius 3 is 2.48 bits per heavy atom. The molecular formula is C19H34N5O8P. The summed E-state index contributed by atoms with van der Waals surface area (Å²) in [7, 11) is -2.94. The molecule has 0 saturated heterocycles. The quantitative estimate of drug-likeness (QED) is 0.259. The highest BCUT2D eigenvalue weighted by Crippen LogP contribution is 2.58. The molecule has 0 aliphatic carbocycles. The zero-order valence-electron chi connectivity index (χ0n) is 19.5. The van der Waals surface area contributed by atoms with Crippen LogP contribution < -0.4 is 11.3 Å². The van der Waals surface area contributed by atoms with Crippen molar-refractivity contribution in [3.8, 4) is 0 Å². The van der Waals surface area contributed by atoms with E-state index in [4.69, 9.17) is 15.0 Å². The molecule has 33 heavy (non-hydrogen) atoms. The largest absolute Gasteiger partial charge is 0.394 e. The average Bonchev–Trinajstić information content (AvgIpc) is 3.17. The predicted octanol–water partition coefficient (Wildman–Crippen LogP) is 0.460. The van der Waals surface area contributed by atoms with Crippen LogP contribution in [0.5, 0.6) is 0 Å². The van der Waals surface area contributed by atoms with Crippen molar-refractivity contribution in [2.75, 3.05) is 18.9 Å². The Bertz CT molecular complexity index is 1070. The van der Waals surface area contributed by atoms with Crippen molar-refractivity contribution in [3.63, 3.8) is 0 Å². The molecule has 5 atom stereocenters. The molecule has 2 aromatic rings. The van der Waals surface area contributed by atoms with Crippen LogP contribution in [0.25, 0.3) is 11.2 Å². The van der Waals surface area contributed by atoms with Crippen molar-refractivity contribution in [1.82, 2.24) is 19.1 Å². The number of hydrogen-bond donors (Lipinski definition) is 5. The molecule has 2 unspecified atom stereocenters. The number of nitrogens with two attached hydrogens (primary N) is 1. The fourth-order valence-electron chi connectivity index (χ4n) is 3.00. The summed E-state index contributed by atoms with van der Waals surface area (Å²) in [4.78, 5) is 30.8. The lowest BCUT2D eigenvalue weighted by molar-refractivity contribution is -0.107. The van der Waals surface area contributed by atoms with E-state index in [1.807, 2.05) is 0 Å². The van der Waals surface area contributed by atoms with Crippen LogP contribution in [0.1, 0.15) is 53.2 Å². The van der Waals surface area contributed by atoms with Crippen LogP contribution >= 0.6 is 7.60 Å². The first-order valence-corrected chi connectivity index (χ1v) is 12.2. The van der Waals surface area contributed by atoms with E-state index in [9.17, 15) is 29.6 Å². The topological polar surface area (TPSA) is 195 Å². The Balaban J connectivity index is 2.27. The molecule has 13 nitrogen and oxygen atoms in total. The van der Waals surface area contributed by atoms with Gasteiger partial charge in [-0.2, -0.15) is 4.98 Å². The lowest BCUT2D eigenvalue weighted by Gasteiger charge is -2.36. The Labute approximate surface area is 191 Å². The van der Waals surface area contributed by atoms with Crippen LogP contribution in [0, 0.1) is 0 Å². The molecule has 0 fully saturated rings. The second-order valence-corrected chi connectivity index (χ2v) is 10.6. The normalized spacial score (nSPS) is 19.5. The minimum Gasteiger partial charge on any atom is -0.394 e. The van der Waals surface area contributed by atoms with Crippen molar-refractivity contribution >= 4 is 24.7 Å². The van der Waals surface area contributed by atoms with E-state index < -0.39 is 43.0 Å². The van der Waals surface area contributed by atoms with Crippen molar-refractivity contribution in [2.24, 2.45) is 7.05 Å². The first-order chi connectivity index (χ1) is 15.2. The molecule has 0 saturated carbocycles. The lowest BCUT2D eigenvalue weighted by Crippen LogP contribution is -2.35. The van der Waals surface area contributed by atoms with Gasteiger partial charge in [0.1, 0.15) is 6.10 Å². The molecular weight excluding hydrogens is 457 g/mol. The van der Waals surface area contributed by atoms with Crippen LogP contribution in [0.3, 0.4) is 0 Å². The third kappa shape index (κ3) is 5.62. The highest BCUT2D eigenvalue weighted by Gasteiger charge is 2.46. The number of anilines is 1. The molecule has 6 N–H and O–H groups in total. The monoisotopic (exact) mass is 491 g/mol. The Hall–Kier alpha value is -1.86.